The number of amides is 2. The Kier molecular flexibility index (Phi) is 4.88. The molecule has 0 spiro atoms. The summed E-state index contributed by atoms with van der Waals surface area (Å²) in [7, 11) is -3.15. The van der Waals surface area contributed by atoms with Crippen LogP contribution < -0.4 is 10.6 Å². The van der Waals surface area contributed by atoms with Crippen LogP contribution in [0.2, 0.25) is 0 Å². The molecule has 0 radical (unpaired) electrons. The van der Waals surface area contributed by atoms with Crippen LogP contribution in [0.15, 0.2) is 60.7 Å². The SMILES string of the molecule is Cc1c(CS(C)(=O)=O)cccc1NC(=O)Nc1ccc2c(c1)Cc1ccccc1-2. The summed E-state index contributed by atoms with van der Waals surface area (Å²) in [4.78, 5) is 12.5. The average Bonchev–Trinajstić information content (AvgIpc) is 3.01. The highest BCUT2D eigenvalue weighted by Gasteiger charge is 2.18. The summed E-state index contributed by atoms with van der Waals surface area (Å²) in [6, 6.07) is 19.2. The second-order valence-electron chi connectivity index (χ2n) is 7.44. The number of rotatable bonds is 4. The number of hydrogen-bond donors (Lipinski definition) is 2. The maximum atomic E-state index is 12.5. The number of urea groups is 1. The van der Waals surface area contributed by atoms with Gasteiger partial charge in [0.05, 0.1) is 5.75 Å². The van der Waals surface area contributed by atoms with Gasteiger partial charge in [-0.25, -0.2) is 13.2 Å². The third kappa shape index (κ3) is 4.17. The molecule has 0 saturated carbocycles. The van der Waals surface area contributed by atoms with Gasteiger partial charge in [-0.1, -0.05) is 42.5 Å². The summed E-state index contributed by atoms with van der Waals surface area (Å²) in [6.07, 6.45) is 2.06. The third-order valence-corrected chi connectivity index (χ3v) is 6.00. The molecule has 2 amide bonds. The first kappa shape index (κ1) is 19.2. The van der Waals surface area contributed by atoms with Crippen LogP contribution in [0.3, 0.4) is 0 Å². The molecular formula is C23H22N2O3S. The van der Waals surface area contributed by atoms with E-state index in [-0.39, 0.29) is 11.8 Å². The number of fused-ring (bicyclic) bond motifs is 3. The smallest absolute Gasteiger partial charge is 0.308 e. The molecule has 0 atom stereocenters. The number of carbonyl (C=O) groups is 1. The maximum Gasteiger partial charge on any atom is 0.323 e. The van der Waals surface area contributed by atoms with Gasteiger partial charge in [-0.15, -0.1) is 0 Å². The van der Waals surface area contributed by atoms with Gasteiger partial charge in [0.2, 0.25) is 0 Å². The number of benzene rings is 3. The molecule has 1 aliphatic rings. The number of nitrogens with one attached hydrogen (secondary N) is 2. The van der Waals surface area contributed by atoms with E-state index in [2.05, 4.69) is 22.8 Å². The Labute approximate surface area is 170 Å². The van der Waals surface area contributed by atoms with E-state index in [0.29, 0.717) is 11.3 Å². The zero-order valence-corrected chi connectivity index (χ0v) is 17.1. The highest BCUT2D eigenvalue weighted by atomic mass is 32.2. The van der Waals surface area contributed by atoms with Crippen molar-refractivity contribution in [2.24, 2.45) is 0 Å². The van der Waals surface area contributed by atoms with Crippen LogP contribution in [0.1, 0.15) is 22.3 Å². The van der Waals surface area contributed by atoms with Crippen LogP contribution in [-0.4, -0.2) is 20.7 Å². The maximum absolute atomic E-state index is 12.5. The summed E-state index contributed by atoms with van der Waals surface area (Å²) in [5, 5.41) is 5.70. The Bertz CT molecular complexity index is 1220. The van der Waals surface area contributed by atoms with Crippen molar-refractivity contribution in [3.05, 3.63) is 82.9 Å². The van der Waals surface area contributed by atoms with Gasteiger partial charge in [0.25, 0.3) is 0 Å². The molecule has 6 heteroatoms. The molecule has 0 heterocycles. The van der Waals surface area contributed by atoms with Crippen molar-refractivity contribution in [1.82, 2.24) is 0 Å². The normalized spacial score (nSPS) is 12.2. The second kappa shape index (κ2) is 7.37. The lowest BCUT2D eigenvalue weighted by atomic mass is 10.1. The standard InChI is InChI=1S/C23H22N2O3S/c1-15-17(14-29(2,27)28)7-5-9-22(15)25-23(26)24-19-10-11-21-18(13-19)12-16-6-3-4-8-20(16)21/h3-11,13H,12,14H2,1-2H3,(H2,24,25,26). The van der Waals surface area contributed by atoms with Gasteiger partial charge in [-0.3, -0.25) is 0 Å². The van der Waals surface area contributed by atoms with Crippen molar-refractivity contribution >= 4 is 27.2 Å². The van der Waals surface area contributed by atoms with E-state index < -0.39 is 9.84 Å². The predicted molar refractivity (Wildman–Crippen MR) is 117 cm³/mol. The molecule has 1 aliphatic carbocycles. The molecular weight excluding hydrogens is 384 g/mol. The Morgan fingerprint density at radius 1 is 0.931 bits per heavy atom. The molecule has 0 bridgehead atoms. The Hall–Kier alpha value is -3.12. The molecule has 5 nitrogen and oxygen atoms in total. The van der Waals surface area contributed by atoms with Gasteiger partial charge >= 0.3 is 6.03 Å². The van der Waals surface area contributed by atoms with E-state index in [1.54, 1.807) is 18.2 Å². The fraction of sp³-hybridized carbons (Fsp3) is 0.174. The molecule has 148 valence electrons. The molecule has 0 aliphatic heterocycles. The number of carbonyl (C=O) groups excluding carboxylic acids is 1. The molecule has 3 aromatic rings. The Morgan fingerprint density at radius 2 is 1.69 bits per heavy atom. The monoisotopic (exact) mass is 406 g/mol. The lowest BCUT2D eigenvalue weighted by molar-refractivity contribution is 0.262. The first-order valence-electron chi connectivity index (χ1n) is 9.35. The van der Waals surface area contributed by atoms with Crippen molar-refractivity contribution in [1.29, 1.82) is 0 Å². The second-order valence-corrected chi connectivity index (χ2v) is 9.58. The van der Waals surface area contributed by atoms with Gasteiger partial charge in [0.1, 0.15) is 0 Å². The summed E-state index contributed by atoms with van der Waals surface area (Å²) in [5.74, 6) is -0.0542. The average molecular weight is 407 g/mol. The predicted octanol–water partition coefficient (Wildman–Crippen LogP) is 4.75. The molecule has 0 unspecified atom stereocenters. The minimum absolute atomic E-state index is 0.0542. The van der Waals surface area contributed by atoms with Crippen LogP contribution in [0, 0.1) is 6.92 Å². The molecule has 4 rings (SSSR count). The summed E-state index contributed by atoms with van der Waals surface area (Å²) in [5.41, 5.74) is 7.68. The minimum atomic E-state index is -3.15. The quantitative estimate of drug-likeness (QED) is 0.513. The van der Waals surface area contributed by atoms with E-state index in [9.17, 15) is 13.2 Å². The topological polar surface area (TPSA) is 75.3 Å². The van der Waals surface area contributed by atoms with Crippen LogP contribution in [-0.2, 0) is 22.0 Å². The Morgan fingerprint density at radius 3 is 2.48 bits per heavy atom. The van der Waals surface area contributed by atoms with E-state index in [1.807, 2.05) is 37.3 Å². The number of anilines is 2. The van der Waals surface area contributed by atoms with E-state index >= 15 is 0 Å². The van der Waals surface area contributed by atoms with Gasteiger partial charge in [0, 0.05) is 17.6 Å². The zero-order chi connectivity index (χ0) is 20.6. The summed E-state index contributed by atoms with van der Waals surface area (Å²) in [6.45, 7) is 1.81. The van der Waals surface area contributed by atoms with Gasteiger partial charge in [-0.2, -0.15) is 0 Å². The summed E-state index contributed by atoms with van der Waals surface area (Å²) >= 11 is 0. The van der Waals surface area contributed by atoms with Gasteiger partial charge in [0.15, 0.2) is 9.84 Å². The van der Waals surface area contributed by atoms with Crippen LogP contribution in [0.25, 0.3) is 11.1 Å². The van der Waals surface area contributed by atoms with Crippen LogP contribution in [0.4, 0.5) is 16.2 Å². The zero-order valence-electron chi connectivity index (χ0n) is 16.3. The first-order valence-corrected chi connectivity index (χ1v) is 11.4. The van der Waals surface area contributed by atoms with Gasteiger partial charge in [-0.05, 0) is 64.9 Å². The molecule has 0 fully saturated rings. The van der Waals surface area contributed by atoms with E-state index in [1.165, 1.54) is 28.5 Å². The summed E-state index contributed by atoms with van der Waals surface area (Å²) < 4.78 is 23.2. The van der Waals surface area contributed by atoms with Crippen molar-refractivity contribution in [3.8, 4) is 11.1 Å². The Balaban J connectivity index is 1.49. The lowest BCUT2D eigenvalue weighted by Crippen LogP contribution is -2.20. The minimum Gasteiger partial charge on any atom is -0.308 e. The van der Waals surface area contributed by atoms with Crippen molar-refractivity contribution in [3.63, 3.8) is 0 Å². The van der Waals surface area contributed by atoms with E-state index in [0.717, 1.165) is 17.7 Å². The third-order valence-electron chi connectivity index (χ3n) is 5.16. The van der Waals surface area contributed by atoms with Crippen LogP contribution in [0.5, 0.6) is 0 Å². The molecule has 29 heavy (non-hydrogen) atoms. The number of sulfone groups is 1. The van der Waals surface area contributed by atoms with Crippen molar-refractivity contribution in [2.45, 2.75) is 19.1 Å². The number of hydrogen-bond acceptors (Lipinski definition) is 3. The molecule has 2 N–H and O–H groups in total. The van der Waals surface area contributed by atoms with Crippen molar-refractivity contribution < 1.29 is 13.2 Å². The highest BCUT2D eigenvalue weighted by molar-refractivity contribution is 7.89. The van der Waals surface area contributed by atoms with Crippen LogP contribution >= 0.6 is 0 Å². The largest absolute Gasteiger partial charge is 0.323 e. The fourth-order valence-electron chi connectivity index (χ4n) is 3.77. The molecule has 3 aromatic carbocycles. The molecule has 0 saturated heterocycles. The van der Waals surface area contributed by atoms with E-state index in [4.69, 9.17) is 0 Å². The highest BCUT2D eigenvalue weighted by Crippen LogP contribution is 2.37. The molecule has 0 aromatic heterocycles. The van der Waals surface area contributed by atoms with Gasteiger partial charge < -0.3 is 10.6 Å². The fourth-order valence-corrected chi connectivity index (χ4v) is 4.64. The first-order chi connectivity index (χ1) is 13.8. The van der Waals surface area contributed by atoms with Crippen molar-refractivity contribution in [2.75, 3.05) is 16.9 Å². The lowest BCUT2D eigenvalue weighted by Gasteiger charge is -2.13.